The van der Waals surface area contributed by atoms with Gasteiger partial charge >= 0.3 is 0 Å². The average Bonchev–Trinajstić information content (AvgIpc) is 2.07. The van der Waals surface area contributed by atoms with E-state index in [1.807, 2.05) is 0 Å². The van der Waals surface area contributed by atoms with Crippen molar-refractivity contribution in [1.82, 2.24) is 0 Å². The number of aliphatic hydroxyl groups is 4. The maximum Gasteiger partial charge on any atom is 0.108 e. The molecule has 0 aromatic rings. The number of aliphatic hydroxyl groups excluding tert-OH is 4. The summed E-state index contributed by atoms with van der Waals surface area (Å²) in [5.41, 5.74) is 0. The van der Waals surface area contributed by atoms with Crippen LogP contribution in [-0.2, 0) is 0 Å². The molecule has 0 spiro atoms. The van der Waals surface area contributed by atoms with Gasteiger partial charge in [0.25, 0.3) is 0 Å². The normalized spacial score (nSPS) is 45.0. The molecule has 4 nitrogen and oxygen atoms in total. The van der Waals surface area contributed by atoms with E-state index in [-0.39, 0.29) is 0 Å². The summed E-state index contributed by atoms with van der Waals surface area (Å²) in [6.07, 6.45) is -1.69. The molecule has 0 radical (unpaired) electrons. The maximum absolute atomic E-state index is 9.26. The van der Waals surface area contributed by atoms with Gasteiger partial charge in [-0.1, -0.05) is 12.8 Å². The van der Waals surface area contributed by atoms with Gasteiger partial charge in [0, 0.05) is 0 Å². The molecular formula is C8H16O4. The monoisotopic (exact) mass is 176 g/mol. The highest BCUT2D eigenvalue weighted by Crippen LogP contribution is 2.18. The number of hydrogen-bond acceptors (Lipinski definition) is 4. The molecule has 0 heterocycles. The minimum Gasteiger partial charge on any atom is -0.390 e. The minimum absolute atomic E-state index is 0.491. The van der Waals surface area contributed by atoms with E-state index in [0.29, 0.717) is 12.8 Å². The van der Waals surface area contributed by atoms with Crippen LogP contribution in [0.3, 0.4) is 0 Å². The van der Waals surface area contributed by atoms with Gasteiger partial charge < -0.3 is 20.4 Å². The fraction of sp³-hybridized carbons (Fsp3) is 1.00. The van der Waals surface area contributed by atoms with Gasteiger partial charge in [0.15, 0.2) is 0 Å². The Morgan fingerprint density at radius 1 is 0.667 bits per heavy atom. The molecule has 0 aromatic carbocycles. The summed E-state index contributed by atoms with van der Waals surface area (Å²) in [7, 11) is 0. The van der Waals surface area contributed by atoms with Crippen molar-refractivity contribution >= 4 is 0 Å². The van der Waals surface area contributed by atoms with Gasteiger partial charge in [0.2, 0.25) is 0 Å². The molecule has 1 fully saturated rings. The highest BCUT2D eigenvalue weighted by atomic mass is 16.4. The summed E-state index contributed by atoms with van der Waals surface area (Å²) >= 11 is 0. The predicted molar refractivity (Wildman–Crippen MR) is 42.5 cm³/mol. The largest absolute Gasteiger partial charge is 0.390 e. The van der Waals surface area contributed by atoms with Crippen LogP contribution in [-0.4, -0.2) is 44.8 Å². The molecule has 0 aliphatic heterocycles. The number of hydrogen-bond donors (Lipinski definition) is 4. The minimum atomic E-state index is -1.21. The lowest BCUT2D eigenvalue weighted by Crippen LogP contribution is -2.45. The second-order valence-electron chi connectivity index (χ2n) is 3.40. The zero-order valence-electron chi connectivity index (χ0n) is 6.93. The van der Waals surface area contributed by atoms with E-state index < -0.39 is 24.4 Å². The van der Waals surface area contributed by atoms with E-state index in [4.69, 9.17) is 0 Å². The molecule has 0 unspecified atom stereocenters. The van der Waals surface area contributed by atoms with Gasteiger partial charge in [0.05, 0.1) is 12.2 Å². The Hall–Kier alpha value is -0.160. The van der Waals surface area contributed by atoms with Gasteiger partial charge in [-0.3, -0.25) is 0 Å². The molecule has 1 rings (SSSR count). The van der Waals surface area contributed by atoms with Crippen LogP contribution >= 0.6 is 0 Å². The molecule has 72 valence electrons. The van der Waals surface area contributed by atoms with Crippen LogP contribution in [0.25, 0.3) is 0 Å². The Kier molecular flexibility index (Phi) is 3.46. The summed E-state index contributed by atoms with van der Waals surface area (Å²) in [4.78, 5) is 0. The van der Waals surface area contributed by atoms with Crippen molar-refractivity contribution in [3.05, 3.63) is 0 Å². The third-order valence-corrected chi connectivity index (χ3v) is 2.39. The third kappa shape index (κ3) is 2.17. The SMILES string of the molecule is O[C@@H]1[C@@H](O)[C@H](O)CCCC[C@H]1O. The van der Waals surface area contributed by atoms with Gasteiger partial charge in [0.1, 0.15) is 12.2 Å². The van der Waals surface area contributed by atoms with Gasteiger partial charge in [-0.15, -0.1) is 0 Å². The van der Waals surface area contributed by atoms with Crippen LogP contribution in [0.5, 0.6) is 0 Å². The summed E-state index contributed by atoms with van der Waals surface area (Å²) in [5.74, 6) is 0. The summed E-state index contributed by atoms with van der Waals surface area (Å²) in [6, 6.07) is 0. The van der Waals surface area contributed by atoms with Crippen molar-refractivity contribution in [3.8, 4) is 0 Å². The Balaban J connectivity index is 2.55. The van der Waals surface area contributed by atoms with Crippen LogP contribution in [0.4, 0.5) is 0 Å². The van der Waals surface area contributed by atoms with E-state index in [0.717, 1.165) is 12.8 Å². The van der Waals surface area contributed by atoms with E-state index in [2.05, 4.69) is 0 Å². The van der Waals surface area contributed by atoms with Crippen molar-refractivity contribution in [2.24, 2.45) is 0 Å². The molecule has 0 saturated heterocycles. The second-order valence-corrected chi connectivity index (χ2v) is 3.40. The lowest BCUT2D eigenvalue weighted by molar-refractivity contribution is -0.114. The molecule has 1 aliphatic carbocycles. The summed E-state index contributed by atoms with van der Waals surface area (Å²) in [6.45, 7) is 0. The standard InChI is InChI=1S/C8H16O4/c9-5-3-1-2-4-6(10)8(12)7(5)11/h5-12H,1-4H2/t5-,6-,7+,8+/m1/s1. The first-order chi connectivity index (χ1) is 5.63. The molecule has 0 aromatic heterocycles. The molecular weight excluding hydrogens is 160 g/mol. The van der Waals surface area contributed by atoms with Crippen LogP contribution in [0.1, 0.15) is 25.7 Å². The van der Waals surface area contributed by atoms with Crippen molar-refractivity contribution in [2.75, 3.05) is 0 Å². The molecule has 0 amide bonds. The van der Waals surface area contributed by atoms with Gasteiger partial charge in [-0.05, 0) is 12.8 Å². The van der Waals surface area contributed by atoms with Gasteiger partial charge in [-0.2, -0.15) is 0 Å². The molecule has 1 aliphatic rings. The van der Waals surface area contributed by atoms with Crippen LogP contribution in [0, 0.1) is 0 Å². The molecule has 4 heteroatoms. The van der Waals surface area contributed by atoms with Crippen LogP contribution in [0.15, 0.2) is 0 Å². The number of rotatable bonds is 0. The predicted octanol–water partition coefficient (Wildman–Crippen LogP) is -0.996. The van der Waals surface area contributed by atoms with Crippen molar-refractivity contribution < 1.29 is 20.4 Å². The van der Waals surface area contributed by atoms with E-state index >= 15 is 0 Å². The topological polar surface area (TPSA) is 80.9 Å². The zero-order valence-corrected chi connectivity index (χ0v) is 6.93. The third-order valence-electron chi connectivity index (χ3n) is 2.39. The summed E-state index contributed by atoms with van der Waals surface area (Å²) < 4.78 is 0. The zero-order chi connectivity index (χ0) is 9.14. The first-order valence-electron chi connectivity index (χ1n) is 4.35. The quantitative estimate of drug-likeness (QED) is 0.382. The Labute approximate surface area is 71.5 Å². The van der Waals surface area contributed by atoms with Crippen molar-refractivity contribution in [3.63, 3.8) is 0 Å². The molecule has 12 heavy (non-hydrogen) atoms. The van der Waals surface area contributed by atoms with E-state index in [1.54, 1.807) is 0 Å². The fourth-order valence-corrected chi connectivity index (χ4v) is 1.50. The highest BCUT2D eigenvalue weighted by Gasteiger charge is 2.31. The Bertz CT molecular complexity index is 123. The molecule has 4 atom stereocenters. The lowest BCUT2D eigenvalue weighted by atomic mass is 9.92. The van der Waals surface area contributed by atoms with Gasteiger partial charge in [-0.25, -0.2) is 0 Å². The Morgan fingerprint density at radius 2 is 1.00 bits per heavy atom. The lowest BCUT2D eigenvalue weighted by Gasteiger charge is -2.28. The molecule has 4 N–H and O–H groups in total. The second kappa shape index (κ2) is 4.18. The molecule has 1 saturated carbocycles. The van der Waals surface area contributed by atoms with Crippen LogP contribution in [0.2, 0.25) is 0 Å². The average molecular weight is 176 g/mol. The van der Waals surface area contributed by atoms with Crippen molar-refractivity contribution in [2.45, 2.75) is 50.1 Å². The fourth-order valence-electron chi connectivity index (χ4n) is 1.50. The van der Waals surface area contributed by atoms with E-state index in [9.17, 15) is 20.4 Å². The highest BCUT2D eigenvalue weighted by molar-refractivity contribution is 4.82. The molecule has 0 bridgehead atoms. The smallest absolute Gasteiger partial charge is 0.108 e. The Morgan fingerprint density at radius 3 is 1.33 bits per heavy atom. The summed E-state index contributed by atoms with van der Waals surface area (Å²) in [5, 5.41) is 37.0. The van der Waals surface area contributed by atoms with E-state index in [1.165, 1.54) is 0 Å². The van der Waals surface area contributed by atoms with Crippen molar-refractivity contribution in [1.29, 1.82) is 0 Å². The van der Waals surface area contributed by atoms with Crippen LogP contribution < -0.4 is 0 Å². The maximum atomic E-state index is 9.26. The first-order valence-corrected chi connectivity index (χ1v) is 4.35. The first kappa shape index (κ1) is 9.92.